The van der Waals surface area contributed by atoms with E-state index >= 15 is 0 Å². The molecule has 0 amide bonds. The number of hydrogen-bond donors (Lipinski definition) is 3. The molecular formula is C17H24N6S2. The van der Waals surface area contributed by atoms with E-state index in [1.54, 1.807) is 10.7 Å². The van der Waals surface area contributed by atoms with Crippen molar-refractivity contribution in [1.82, 2.24) is 24.3 Å². The second kappa shape index (κ2) is 8.16. The van der Waals surface area contributed by atoms with Crippen LogP contribution in [0.3, 0.4) is 0 Å². The standard InChI is InChI=1S/C15H18N6S2.C2H6/c1-9-5-14(23-20-9)19-13-6-11(10-3-2-4-16-7-10)18-15-12(22)8-17-21(13)15;1-2/h5-6,8,10,16,19,22H,2-4,7H2,1H3;1-2H3. The van der Waals surface area contributed by atoms with Gasteiger partial charge in [0.15, 0.2) is 5.65 Å². The molecule has 0 bridgehead atoms. The fraction of sp³-hybridized carbons (Fsp3) is 0.471. The average molecular weight is 377 g/mol. The molecule has 3 aromatic heterocycles. The first-order chi connectivity index (χ1) is 12.2. The van der Waals surface area contributed by atoms with Crippen LogP contribution in [0.2, 0.25) is 0 Å². The van der Waals surface area contributed by atoms with Gasteiger partial charge >= 0.3 is 0 Å². The van der Waals surface area contributed by atoms with Crippen molar-refractivity contribution in [3.05, 3.63) is 29.7 Å². The van der Waals surface area contributed by atoms with Crippen LogP contribution in [0.4, 0.5) is 10.8 Å². The highest BCUT2D eigenvalue weighted by molar-refractivity contribution is 7.80. The molecule has 8 heteroatoms. The minimum Gasteiger partial charge on any atom is -0.331 e. The van der Waals surface area contributed by atoms with Crippen molar-refractivity contribution in [3.8, 4) is 0 Å². The van der Waals surface area contributed by atoms with Gasteiger partial charge in [0.25, 0.3) is 0 Å². The van der Waals surface area contributed by atoms with Crippen LogP contribution in [0.25, 0.3) is 5.65 Å². The predicted molar refractivity (Wildman–Crippen MR) is 107 cm³/mol. The van der Waals surface area contributed by atoms with Crippen LogP contribution in [0.15, 0.2) is 23.2 Å². The Kier molecular flexibility index (Phi) is 5.93. The highest BCUT2D eigenvalue weighted by atomic mass is 32.1. The number of hydrogen-bond acceptors (Lipinski definition) is 7. The monoisotopic (exact) mass is 376 g/mol. The topological polar surface area (TPSA) is 67.1 Å². The third kappa shape index (κ3) is 3.96. The number of fused-ring (bicyclic) bond motifs is 1. The molecule has 0 saturated carbocycles. The molecular weight excluding hydrogens is 352 g/mol. The number of aryl methyl sites for hydroxylation is 1. The second-order valence-electron chi connectivity index (χ2n) is 5.83. The maximum atomic E-state index is 4.80. The van der Waals surface area contributed by atoms with Gasteiger partial charge in [-0.1, -0.05) is 13.8 Å². The molecule has 134 valence electrons. The van der Waals surface area contributed by atoms with Gasteiger partial charge in [-0.25, -0.2) is 4.98 Å². The van der Waals surface area contributed by atoms with Gasteiger partial charge in [-0.2, -0.15) is 14.0 Å². The fourth-order valence-corrected chi connectivity index (χ4v) is 3.79. The van der Waals surface area contributed by atoms with Gasteiger partial charge in [-0.15, -0.1) is 12.6 Å². The Morgan fingerprint density at radius 3 is 2.88 bits per heavy atom. The fourth-order valence-electron chi connectivity index (χ4n) is 2.92. The summed E-state index contributed by atoms with van der Waals surface area (Å²) in [7, 11) is 0. The molecule has 0 spiro atoms. The summed E-state index contributed by atoms with van der Waals surface area (Å²) in [6, 6.07) is 4.13. The highest BCUT2D eigenvalue weighted by Gasteiger charge is 2.20. The minimum absolute atomic E-state index is 0.431. The normalized spacial score (nSPS) is 17.2. The molecule has 4 rings (SSSR count). The first-order valence-electron chi connectivity index (χ1n) is 8.69. The molecule has 25 heavy (non-hydrogen) atoms. The van der Waals surface area contributed by atoms with Gasteiger partial charge in [0, 0.05) is 18.5 Å². The van der Waals surface area contributed by atoms with Crippen molar-refractivity contribution in [2.75, 3.05) is 18.4 Å². The lowest BCUT2D eigenvalue weighted by Crippen LogP contribution is -2.29. The maximum absolute atomic E-state index is 4.80. The van der Waals surface area contributed by atoms with Crippen LogP contribution in [0.1, 0.15) is 44.0 Å². The van der Waals surface area contributed by atoms with Crippen molar-refractivity contribution in [2.45, 2.75) is 44.4 Å². The summed E-state index contributed by atoms with van der Waals surface area (Å²) in [5.41, 5.74) is 2.89. The molecule has 1 aliphatic heterocycles. The molecule has 4 heterocycles. The lowest BCUT2D eigenvalue weighted by Gasteiger charge is -2.23. The number of nitrogens with one attached hydrogen (secondary N) is 2. The average Bonchev–Trinajstić information content (AvgIpc) is 3.23. The van der Waals surface area contributed by atoms with Crippen molar-refractivity contribution < 1.29 is 0 Å². The zero-order valence-electron chi connectivity index (χ0n) is 14.8. The van der Waals surface area contributed by atoms with Crippen LogP contribution >= 0.6 is 24.2 Å². The lowest BCUT2D eigenvalue weighted by atomic mass is 9.96. The number of rotatable bonds is 3. The van der Waals surface area contributed by atoms with E-state index in [1.165, 1.54) is 18.0 Å². The van der Waals surface area contributed by atoms with Gasteiger partial charge in [-0.05, 0) is 43.9 Å². The maximum Gasteiger partial charge on any atom is 0.171 e. The molecule has 1 aliphatic rings. The Labute approximate surface area is 157 Å². The van der Waals surface area contributed by atoms with E-state index in [9.17, 15) is 0 Å². The zero-order valence-corrected chi connectivity index (χ0v) is 16.5. The lowest BCUT2D eigenvalue weighted by molar-refractivity contribution is 0.455. The summed E-state index contributed by atoms with van der Waals surface area (Å²) >= 11 is 5.94. The van der Waals surface area contributed by atoms with E-state index in [4.69, 9.17) is 4.98 Å². The summed E-state index contributed by atoms with van der Waals surface area (Å²) in [6.07, 6.45) is 4.07. The summed E-state index contributed by atoms with van der Waals surface area (Å²) in [6.45, 7) is 8.05. The summed E-state index contributed by atoms with van der Waals surface area (Å²) in [4.78, 5) is 5.59. The Balaban J connectivity index is 0.000000880. The second-order valence-corrected chi connectivity index (χ2v) is 7.12. The van der Waals surface area contributed by atoms with Crippen LogP contribution in [-0.4, -0.2) is 32.1 Å². The number of thiol groups is 1. The first-order valence-corrected chi connectivity index (χ1v) is 9.91. The van der Waals surface area contributed by atoms with Crippen molar-refractivity contribution in [3.63, 3.8) is 0 Å². The van der Waals surface area contributed by atoms with E-state index < -0.39 is 0 Å². The number of aromatic nitrogens is 4. The Bertz CT molecular complexity index is 835. The van der Waals surface area contributed by atoms with Crippen molar-refractivity contribution >= 4 is 40.6 Å². The summed E-state index contributed by atoms with van der Waals surface area (Å²) in [5, 5.41) is 12.3. The Morgan fingerprint density at radius 2 is 2.20 bits per heavy atom. The Morgan fingerprint density at radius 1 is 1.36 bits per heavy atom. The molecule has 0 radical (unpaired) electrons. The smallest absolute Gasteiger partial charge is 0.171 e. The highest BCUT2D eigenvalue weighted by Crippen LogP contribution is 2.29. The van der Waals surface area contributed by atoms with Gasteiger partial charge < -0.3 is 10.6 Å². The number of piperidine rings is 1. The summed E-state index contributed by atoms with van der Waals surface area (Å²) < 4.78 is 6.12. The molecule has 0 aliphatic carbocycles. The van der Waals surface area contributed by atoms with Gasteiger partial charge in [0.1, 0.15) is 10.8 Å². The minimum atomic E-state index is 0.431. The number of anilines is 2. The molecule has 1 atom stereocenters. The summed E-state index contributed by atoms with van der Waals surface area (Å²) in [5.74, 6) is 1.33. The van der Waals surface area contributed by atoms with Crippen molar-refractivity contribution in [2.24, 2.45) is 0 Å². The van der Waals surface area contributed by atoms with E-state index in [2.05, 4.69) is 38.8 Å². The van der Waals surface area contributed by atoms with Crippen LogP contribution in [0.5, 0.6) is 0 Å². The number of nitrogens with zero attached hydrogens (tertiary/aromatic N) is 4. The molecule has 0 aromatic carbocycles. The third-order valence-corrected chi connectivity index (χ3v) is 5.18. The van der Waals surface area contributed by atoms with E-state index in [-0.39, 0.29) is 0 Å². The SMILES string of the molecule is CC.Cc1cc(Nc2cc(C3CCCNC3)nc3c(S)cnn23)sn1. The van der Waals surface area contributed by atoms with E-state index in [1.807, 2.05) is 26.8 Å². The molecule has 1 fully saturated rings. The zero-order chi connectivity index (χ0) is 17.8. The molecule has 1 unspecified atom stereocenters. The quantitative estimate of drug-likeness (QED) is 0.603. The molecule has 3 aromatic rings. The molecule has 6 nitrogen and oxygen atoms in total. The predicted octanol–water partition coefficient (Wildman–Crippen LogP) is 4.02. The van der Waals surface area contributed by atoms with Gasteiger partial charge in [-0.3, -0.25) is 0 Å². The molecule has 2 N–H and O–H groups in total. The first kappa shape index (κ1) is 18.2. The van der Waals surface area contributed by atoms with Crippen molar-refractivity contribution in [1.29, 1.82) is 0 Å². The van der Waals surface area contributed by atoms with Crippen LogP contribution in [-0.2, 0) is 0 Å². The van der Waals surface area contributed by atoms with E-state index in [0.717, 1.165) is 52.3 Å². The van der Waals surface area contributed by atoms with Crippen LogP contribution in [0, 0.1) is 6.92 Å². The van der Waals surface area contributed by atoms with Gasteiger partial charge in [0.2, 0.25) is 0 Å². The van der Waals surface area contributed by atoms with Crippen LogP contribution < -0.4 is 10.6 Å². The largest absolute Gasteiger partial charge is 0.331 e. The Hall–Kier alpha value is -1.64. The van der Waals surface area contributed by atoms with E-state index in [0.29, 0.717) is 5.92 Å². The third-order valence-electron chi connectivity index (χ3n) is 4.07. The molecule has 1 saturated heterocycles. The van der Waals surface area contributed by atoms with Gasteiger partial charge in [0.05, 0.1) is 22.5 Å².